The molecule has 1 aromatic rings. The van der Waals surface area contributed by atoms with Crippen LogP contribution >= 0.6 is 0 Å². The maximum atomic E-state index is 5.85. The highest BCUT2D eigenvalue weighted by atomic mass is 16.3. The van der Waals surface area contributed by atoms with Crippen LogP contribution in [-0.2, 0) is 0 Å². The number of para-hydroxylation sites is 1. The Hall–Kier alpha value is -1.76. The quantitative estimate of drug-likeness (QED) is 0.526. The summed E-state index contributed by atoms with van der Waals surface area (Å²) in [5.41, 5.74) is 4.80. The second-order valence-corrected chi connectivity index (χ2v) is 4.01. The second-order valence-electron chi connectivity index (χ2n) is 4.01. The zero-order valence-electron chi connectivity index (χ0n) is 8.87. The van der Waals surface area contributed by atoms with Gasteiger partial charge in [-0.15, -0.1) is 0 Å². The molecule has 0 atom stereocenters. The summed E-state index contributed by atoms with van der Waals surface area (Å²) in [4.78, 5) is 0. The van der Waals surface area contributed by atoms with Crippen LogP contribution in [0.1, 0.15) is 11.1 Å². The third-order valence-corrected chi connectivity index (χ3v) is 3.05. The summed E-state index contributed by atoms with van der Waals surface area (Å²) >= 11 is 0. The van der Waals surface area contributed by atoms with Gasteiger partial charge >= 0.3 is 0 Å². The van der Waals surface area contributed by atoms with Gasteiger partial charge in [0.2, 0.25) is 0 Å². The molecule has 0 amide bonds. The van der Waals surface area contributed by atoms with Crippen LogP contribution in [0.15, 0.2) is 40.8 Å². The fraction of sp³-hybridized carbons (Fsp3) is 0.143. The molecule has 0 spiro atoms. The average molecular weight is 196 g/mol. The molecule has 1 aliphatic heterocycles. The summed E-state index contributed by atoms with van der Waals surface area (Å²) < 4.78 is 5.85. The average Bonchev–Trinajstić information content (AvgIpc) is 2.52. The molecule has 0 saturated carbocycles. The molecular weight excluding hydrogens is 184 g/mol. The first kappa shape index (κ1) is 8.54. The lowest BCUT2D eigenvalue weighted by atomic mass is 10.1. The van der Waals surface area contributed by atoms with E-state index in [4.69, 9.17) is 4.42 Å². The van der Waals surface area contributed by atoms with E-state index in [-0.39, 0.29) is 0 Å². The summed E-state index contributed by atoms with van der Waals surface area (Å²) in [5, 5.41) is 1.17. The topological polar surface area (TPSA) is 13.1 Å². The summed E-state index contributed by atoms with van der Waals surface area (Å²) in [7, 11) is 0. The van der Waals surface area contributed by atoms with E-state index in [1.807, 2.05) is 18.2 Å². The fourth-order valence-electron chi connectivity index (χ4n) is 2.01. The van der Waals surface area contributed by atoms with Crippen LogP contribution in [0.4, 0.5) is 0 Å². The van der Waals surface area contributed by atoms with Crippen molar-refractivity contribution in [2.75, 3.05) is 0 Å². The van der Waals surface area contributed by atoms with E-state index in [1.165, 1.54) is 22.1 Å². The minimum Gasteiger partial charge on any atom is -0.456 e. The lowest BCUT2D eigenvalue weighted by molar-refractivity contribution is 0.621. The molecule has 2 aliphatic rings. The molecule has 0 saturated heterocycles. The Morgan fingerprint density at radius 2 is 1.80 bits per heavy atom. The van der Waals surface area contributed by atoms with Crippen LogP contribution in [0, 0.1) is 13.8 Å². The van der Waals surface area contributed by atoms with Gasteiger partial charge in [-0.1, -0.05) is 18.2 Å². The summed E-state index contributed by atoms with van der Waals surface area (Å²) in [6.45, 7) is 4.26. The maximum Gasteiger partial charge on any atom is 0.135 e. The Kier molecular flexibility index (Phi) is 1.63. The van der Waals surface area contributed by atoms with Gasteiger partial charge in [-0.05, 0) is 43.2 Å². The van der Waals surface area contributed by atoms with Gasteiger partial charge in [0.15, 0.2) is 0 Å². The molecule has 0 bridgehead atoms. The third-order valence-electron chi connectivity index (χ3n) is 3.05. The van der Waals surface area contributed by atoms with Crippen molar-refractivity contribution in [1.29, 1.82) is 0 Å². The Bertz CT molecular complexity index is 604. The summed E-state index contributed by atoms with van der Waals surface area (Å²) in [6, 6.07) is 12.4. The third kappa shape index (κ3) is 1.16. The molecule has 0 N–H and O–H groups in total. The predicted molar refractivity (Wildman–Crippen MR) is 62.3 cm³/mol. The van der Waals surface area contributed by atoms with E-state index in [9.17, 15) is 0 Å². The zero-order valence-corrected chi connectivity index (χ0v) is 8.87. The standard InChI is InChI=1S/C14H12O/c1-9-7-14-12(10(9)2)8-11-5-3-4-6-13(11)15-14/h3-8H,1-2H3. The number of hydrogen-bond donors (Lipinski definition) is 0. The highest BCUT2D eigenvalue weighted by Gasteiger charge is 2.13. The second kappa shape index (κ2) is 2.86. The lowest BCUT2D eigenvalue weighted by Gasteiger charge is -2.03. The van der Waals surface area contributed by atoms with Crippen molar-refractivity contribution in [1.82, 2.24) is 0 Å². The lowest BCUT2D eigenvalue weighted by Crippen LogP contribution is -1.79. The number of aryl methyl sites for hydroxylation is 1. The maximum absolute atomic E-state index is 5.85. The number of hydrogen-bond acceptors (Lipinski definition) is 1. The van der Waals surface area contributed by atoms with Crippen molar-refractivity contribution in [3.63, 3.8) is 0 Å². The van der Waals surface area contributed by atoms with E-state index in [2.05, 4.69) is 32.0 Å². The van der Waals surface area contributed by atoms with Gasteiger partial charge in [0.1, 0.15) is 11.3 Å². The minimum atomic E-state index is 0.954. The normalized spacial score (nSPS) is 11.3. The fourth-order valence-corrected chi connectivity index (χ4v) is 2.01. The van der Waals surface area contributed by atoms with Gasteiger partial charge in [0.25, 0.3) is 0 Å². The Morgan fingerprint density at radius 3 is 2.67 bits per heavy atom. The molecule has 0 unspecified atom stereocenters. The predicted octanol–water partition coefficient (Wildman–Crippen LogP) is 4.15. The Balaban J connectivity index is 2.48. The Labute approximate surface area is 88.7 Å². The van der Waals surface area contributed by atoms with Crippen molar-refractivity contribution < 1.29 is 4.42 Å². The first-order valence-electron chi connectivity index (χ1n) is 5.14. The van der Waals surface area contributed by atoms with Crippen LogP contribution < -0.4 is 0 Å². The molecule has 0 radical (unpaired) electrons. The molecule has 1 heteroatoms. The molecule has 1 aromatic carbocycles. The molecule has 74 valence electrons. The van der Waals surface area contributed by atoms with E-state index < -0.39 is 0 Å². The van der Waals surface area contributed by atoms with Crippen LogP contribution in [0.3, 0.4) is 0 Å². The van der Waals surface area contributed by atoms with Crippen molar-refractivity contribution in [3.8, 4) is 11.3 Å². The highest BCUT2D eigenvalue weighted by molar-refractivity contribution is 5.84. The molecule has 1 nitrogen and oxygen atoms in total. The van der Waals surface area contributed by atoms with Gasteiger partial charge in [-0.3, -0.25) is 0 Å². The van der Waals surface area contributed by atoms with Crippen molar-refractivity contribution in [3.05, 3.63) is 47.5 Å². The van der Waals surface area contributed by atoms with Gasteiger partial charge in [0, 0.05) is 10.9 Å². The van der Waals surface area contributed by atoms with Gasteiger partial charge in [-0.2, -0.15) is 0 Å². The smallest absolute Gasteiger partial charge is 0.135 e. The van der Waals surface area contributed by atoms with E-state index >= 15 is 0 Å². The van der Waals surface area contributed by atoms with E-state index in [1.54, 1.807) is 0 Å². The molecule has 3 rings (SSSR count). The van der Waals surface area contributed by atoms with Gasteiger partial charge in [-0.25, -0.2) is 0 Å². The van der Waals surface area contributed by atoms with Crippen LogP contribution in [0.25, 0.3) is 22.3 Å². The van der Waals surface area contributed by atoms with E-state index in [0.29, 0.717) is 0 Å². The van der Waals surface area contributed by atoms with E-state index in [0.717, 1.165) is 11.3 Å². The first-order chi connectivity index (χ1) is 7.25. The summed E-state index contributed by atoms with van der Waals surface area (Å²) in [6.07, 6.45) is 0. The summed E-state index contributed by atoms with van der Waals surface area (Å²) in [5.74, 6) is 0.990. The molecular formula is C14H12O. The number of benzene rings is 1. The number of fused-ring (bicyclic) bond motifs is 2. The molecule has 1 heterocycles. The Morgan fingerprint density at radius 1 is 1.00 bits per heavy atom. The molecule has 0 fully saturated rings. The SMILES string of the molecule is Cc1cc2oc3ccccc3cc-2c1C. The highest BCUT2D eigenvalue weighted by Crippen LogP contribution is 2.34. The molecule has 15 heavy (non-hydrogen) atoms. The zero-order chi connectivity index (χ0) is 10.4. The van der Waals surface area contributed by atoms with Crippen molar-refractivity contribution >= 4 is 11.0 Å². The molecule has 0 aromatic heterocycles. The largest absolute Gasteiger partial charge is 0.456 e. The molecule has 1 aliphatic carbocycles. The monoisotopic (exact) mass is 196 g/mol. The van der Waals surface area contributed by atoms with Crippen LogP contribution in [0.5, 0.6) is 0 Å². The minimum absolute atomic E-state index is 0.954. The van der Waals surface area contributed by atoms with Gasteiger partial charge in [0.05, 0.1) is 0 Å². The van der Waals surface area contributed by atoms with Crippen LogP contribution in [-0.4, -0.2) is 0 Å². The van der Waals surface area contributed by atoms with Gasteiger partial charge < -0.3 is 4.42 Å². The van der Waals surface area contributed by atoms with Crippen molar-refractivity contribution in [2.24, 2.45) is 0 Å². The number of rotatable bonds is 0. The first-order valence-corrected chi connectivity index (χ1v) is 5.14. The van der Waals surface area contributed by atoms with Crippen LogP contribution in [0.2, 0.25) is 0 Å². The van der Waals surface area contributed by atoms with Crippen molar-refractivity contribution in [2.45, 2.75) is 13.8 Å².